The number of amides is 1. The van der Waals surface area contributed by atoms with Crippen LogP contribution in [0.3, 0.4) is 0 Å². The molecule has 0 aliphatic rings. The first-order valence-electron chi connectivity index (χ1n) is 6.30. The highest BCUT2D eigenvalue weighted by Gasteiger charge is 2.14. The van der Waals surface area contributed by atoms with Crippen molar-refractivity contribution >= 4 is 11.6 Å². The molecule has 2 aromatic rings. The number of anilines is 1. The quantitative estimate of drug-likeness (QED) is 0.834. The molecule has 1 aromatic heterocycles. The second-order valence-corrected chi connectivity index (χ2v) is 4.74. The van der Waals surface area contributed by atoms with E-state index < -0.39 is 11.7 Å². The molecule has 106 valence electrons. The van der Waals surface area contributed by atoms with Gasteiger partial charge in [0.1, 0.15) is 5.82 Å². The van der Waals surface area contributed by atoms with Gasteiger partial charge in [-0.1, -0.05) is 0 Å². The number of carbonyl (C=O) groups excluding carboxylic acids is 1. The first-order chi connectivity index (χ1) is 9.47. The van der Waals surface area contributed by atoms with Crippen molar-refractivity contribution in [2.24, 2.45) is 0 Å². The van der Waals surface area contributed by atoms with Gasteiger partial charge in [0, 0.05) is 18.4 Å². The lowest BCUT2D eigenvalue weighted by Crippen LogP contribution is -2.28. The Hall–Kier alpha value is -2.37. The monoisotopic (exact) mass is 276 g/mol. The molecule has 20 heavy (non-hydrogen) atoms. The van der Waals surface area contributed by atoms with Gasteiger partial charge in [-0.15, -0.1) is 0 Å². The lowest BCUT2D eigenvalue weighted by molar-refractivity contribution is 0.0948. The van der Waals surface area contributed by atoms with Crippen molar-refractivity contribution < 1.29 is 9.18 Å². The Morgan fingerprint density at radius 1 is 1.45 bits per heavy atom. The normalized spacial score (nSPS) is 10.6. The highest BCUT2D eigenvalue weighted by molar-refractivity contribution is 5.95. The number of carbonyl (C=O) groups is 1. The molecule has 5 nitrogen and oxygen atoms in total. The molecule has 0 saturated carbocycles. The minimum Gasteiger partial charge on any atom is -0.399 e. The van der Waals surface area contributed by atoms with Crippen molar-refractivity contribution in [3.63, 3.8) is 0 Å². The summed E-state index contributed by atoms with van der Waals surface area (Å²) in [5.41, 5.74) is 7.38. The number of rotatable bonds is 4. The molecule has 1 aromatic carbocycles. The molecule has 2 rings (SSSR count). The summed E-state index contributed by atoms with van der Waals surface area (Å²) in [4.78, 5) is 11.9. The van der Waals surface area contributed by atoms with Crippen LogP contribution in [0.1, 0.15) is 21.5 Å². The van der Waals surface area contributed by atoms with E-state index in [1.165, 1.54) is 12.1 Å². The first-order valence-corrected chi connectivity index (χ1v) is 6.30. The minimum absolute atomic E-state index is 0.0286. The molecular formula is C14H17FN4O. The Kier molecular flexibility index (Phi) is 4.02. The number of nitrogens with one attached hydrogen (secondary N) is 1. The number of aromatic nitrogens is 2. The maximum atomic E-state index is 13.9. The zero-order chi connectivity index (χ0) is 14.7. The Morgan fingerprint density at radius 2 is 2.20 bits per heavy atom. The summed E-state index contributed by atoms with van der Waals surface area (Å²) in [7, 11) is 0. The molecule has 3 N–H and O–H groups in total. The molecule has 0 aliphatic carbocycles. The standard InChI is InChI=1S/C14H17FN4O/c1-9-7-18-19(8-9)4-3-17-14(20)12-6-11(16)5-10(2)13(12)15/h5-8H,3-4,16H2,1-2H3,(H,17,20). The predicted octanol–water partition coefficient (Wildman–Crippen LogP) is 1.65. The van der Waals surface area contributed by atoms with Crippen LogP contribution in [0.5, 0.6) is 0 Å². The van der Waals surface area contributed by atoms with E-state index in [1.807, 2.05) is 13.1 Å². The number of hydrogen-bond donors (Lipinski definition) is 2. The van der Waals surface area contributed by atoms with Crippen LogP contribution in [-0.2, 0) is 6.54 Å². The summed E-state index contributed by atoms with van der Waals surface area (Å²) >= 11 is 0. The van der Waals surface area contributed by atoms with Crippen molar-refractivity contribution in [3.05, 3.63) is 47.0 Å². The van der Waals surface area contributed by atoms with Gasteiger partial charge >= 0.3 is 0 Å². The SMILES string of the molecule is Cc1cnn(CCNC(=O)c2cc(N)cc(C)c2F)c1. The van der Waals surface area contributed by atoms with Crippen LogP contribution in [0.2, 0.25) is 0 Å². The highest BCUT2D eigenvalue weighted by Crippen LogP contribution is 2.16. The average Bonchev–Trinajstić information content (AvgIpc) is 2.79. The van der Waals surface area contributed by atoms with E-state index in [0.717, 1.165) is 5.56 Å². The molecule has 0 radical (unpaired) electrons. The van der Waals surface area contributed by atoms with Gasteiger partial charge in [-0.25, -0.2) is 4.39 Å². The molecule has 0 spiro atoms. The Bertz CT molecular complexity index is 636. The number of nitrogen functional groups attached to an aromatic ring is 1. The molecule has 0 aliphatic heterocycles. The molecule has 1 amide bonds. The lowest BCUT2D eigenvalue weighted by Gasteiger charge is -2.09. The van der Waals surface area contributed by atoms with Gasteiger partial charge in [0.05, 0.1) is 18.3 Å². The number of hydrogen-bond acceptors (Lipinski definition) is 3. The van der Waals surface area contributed by atoms with Crippen LogP contribution in [0.25, 0.3) is 0 Å². The van der Waals surface area contributed by atoms with Gasteiger partial charge in [0.2, 0.25) is 0 Å². The number of halogens is 1. The number of benzene rings is 1. The maximum absolute atomic E-state index is 13.9. The summed E-state index contributed by atoms with van der Waals surface area (Å²) in [6.45, 7) is 4.41. The first kappa shape index (κ1) is 14.0. The molecule has 0 bridgehead atoms. The Labute approximate surface area is 116 Å². The molecule has 0 atom stereocenters. The van der Waals surface area contributed by atoms with Gasteiger partial charge in [-0.05, 0) is 37.1 Å². The zero-order valence-electron chi connectivity index (χ0n) is 11.5. The number of aryl methyl sites for hydroxylation is 2. The summed E-state index contributed by atoms with van der Waals surface area (Å²) in [5.74, 6) is -1.01. The van der Waals surface area contributed by atoms with E-state index >= 15 is 0 Å². The van der Waals surface area contributed by atoms with Gasteiger partial charge in [0.25, 0.3) is 5.91 Å². The summed E-state index contributed by atoms with van der Waals surface area (Å²) in [5, 5.41) is 6.76. The van der Waals surface area contributed by atoms with Gasteiger partial charge < -0.3 is 11.1 Å². The van der Waals surface area contributed by atoms with Crippen LogP contribution in [0, 0.1) is 19.7 Å². The van der Waals surface area contributed by atoms with E-state index in [4.69, 9.17) is 5.73 Å². The average molecular weight is 276 g/mol. The lowest BCUT2D eigenvalue weighted by atomic mass is 10.1. The Morgan fingerprint density at radius 3 is 2.85 bits per heavy atom. The third-order valence-corrected chi connectivity index (χ3v) is 2.91. The fourth-order valence-electron chi connectivity index (χ4n) is 1.93. The van der Waals surface area contributed by atoms with Gasteiger partial charge in [-0.3, -0.25) is 9.48 Å². The summed E-state index contributed by atoms with van der Waals surface area (Å²) in [6.07, 6.45) is 3.61. The minimum atomic E-state index is -0.536. The topological polar surface area (TPSA) is 72.9 Å². The summed E-state index contributed by atoms with van der Waals surface area (Å²) in [6, 6.07) is 2.84. The van der Waals surface area contributed by atoms with E-state index in [2.05, 4.69) is 10.4 Å². The van der Waals surface area contributed by atoms with Crippen LogP contribution >= 0.6 is 0 Å². The van der Waals surface area contributed by atoms with Crippen LogP contribution in [0.15, 0.2) is 24.5 Å². The third kappa shape index (κ3) is 3.14. The molecule has 0 unspecified atom stereocenters. The Balaban J connectivity index is 1.98. The van der Waals surface area contributed by atoms with Crippen LogP contribution in [-0.4, -0.2) is 22.2 Å². The van der Waals surface area contributed by atoms with Crippen molar-refractivity contribution in [1.29, 1.82) is 0 Å². The highest BCUT2D eigenvalue weighted by atomic mass is 19.1. The van der Waals surface area contributed by atoms with Crippen LogP contribution in [0.4, 0.5) is 10.1 Å². The van der Waals surface area contributed by atoms with E-state index in [-0.39, 0.29) is 5.56 Å². The van der Waals surface area contributed by atoms with Gasteiger partial charge in [-0.2, -0.15) is 5.10 Å². The number of nitrogens with two attached hydrogens (primary N) is 1. The maximum Gasteiger partial charge on any atom is 0.254 e. The molecule has 1 heterocycles. The second-order valence-electron chi connectivity index (χ2n) is 4.74. The number of nitrogens with zero attached hydrogens (tertiary/aromatic N) is 2. The van der Waals surface area contributed by atoms with Crippen molar-refractivity contribution in [3.8, 4) is 0 Å². The third-order valence-electron chi connectivity index (χ3n) is 2.91. The van der Waals surface area contributed by atoms with E-state index in [9.17, 15) is 9.18 Å². The van der Waals surface area contributed by atoms with Gasteiger partial charge in [0.15, 0.2) is 0 Å². The van der Waals surface area contributed by atoms with Crippen molar-refractivity contribution in [2.45, 2.75) is 20.4 Å². The molecule has 0 saturated heterocycles. The largest absolute Gasteiger partial charge is 0.399 e. The molecule has 0 fully saturated rings. The second kappa shape index (κ2) is 5.73. The van der Waals surface area contributed by atoms with Crippen molar-refractivity contribution in [1.82, 2.24) is 15.1 Å². The molecular weight excluding hydrogens is 259 g/mol. The summed E-state index contributed by atoms with van der Waals surface area (Å²) < 4.78 is 15.6. The predicted molar refractivity (Wildman–Crippen MR) is 74.8 cm³/mol. The fraction of sp³-hybridized carbons (Fsp3) is 0.286. The van der Waals surface area contributed by atoms with Crippen molar-refractivity contribution in [2.75, 3.05) is 12.3 Å². The zero-order valence-corrected chi connectivity index (χ0v) is 11.5. The fourth-order valence-corrected chi connectivity index (χ4v) is 1.93. The van der Waals surface area contributed by atoms with E-state index in [0.29, 0.717) is 24.3 Å². The van der Waals surface area contributed by atoms with Crippen LogP contribution < -0.4 is 11.1 Å². The molecule has 6 heteroatoms. The smallest absolute Gasteiger partial charge is 0.254 e. The van der Waals surface area contributed by atoms with E-state index in [1.54, 1.807) is 17.8 Å².